The summed E-state index contributed by atoms with van der Waals surface area (Å²) in [7, 11) is 0. The maximum absolute atomic E-state index is 8.11. The van der Waals surface area contributed by atoms with E-state index in [1.807, 2.05) is 0 Å². The maximum Gasteiger partial charge on any atom is 0.233 e. The van der Waals surface area contributed by atoms with E-state index in [2.05, 4.69) is 20.6 Å². The van der Waals surface area contributed by atoms with Crippen molar-refractivity contribution in [1.82, 2.24) is 20.6 Å². The van der Waals surface area contributed by atoms with Crippen LogP contribution < -0.4 is 0 Å². The fourth-order valence-electron chi connectivity index (χ4n) is 0.318. The van der Waals surface area contributed by atoms with Gasteiger partial charge in [0.25, 0.3) is 0 Å². The van der Waals surface area contributed by atoms with Gasteiger partial charge in [0, 0.05) is 0 Å². The number of tetrazole rings is 1. The van der Waals surface area contributed by atoms with E-state index >= 15 is 0 Å². The smallest absolute Gasteiger partial charge is 0.233 e. The van der Waals surface area contributed by atoms with E-state index < -0.39 is 0 Å². The number of aromatic amines is 1. The molecule has 0 amide bonds. The Kier molecular flexibility index (Phi) is 1.19. The second-order valence-corrected chi connectivity index (χ2v) is 1.22. The van der Waals surface area contributed by atoms with Crippen LogP contribution in [0.25, 0.3) is 0 Å². The van der Waals surface area contributed by atoms with Crippen molar-refractivity contribution < 1.29 is 0 Å². The van der Waals surface area contributed by atoms with Crippen LogP contribution in [0.2, 0.25) is 0 Å². The minimum atomic E-state index is -0.288. The molecule has 1 rings (SSSR count). The molecule has 6 nitrogen and oxygen atoms in total. The molecule has 0 radical (unpaired) electrons. The summed E-state index contributed by atoms with van der Waals surface area (Å²) in [6.07, 6.45) is 0. The number of nitrogens with zero attached hydrogens (tertiary/aromatic N) is 4. The fourth-order valence-corrected chi connectivity index (χ4v) is 0.318. The summed E-state index contributed by atoms with van der Waals surface area (Å²) in [5.74, 6) is 0.0255. The van der Waals surface area contributed by atoms with Crippen LogP contribution >= 0.6 is 0 Å². The SMILES string of the molecule is N#CC(=N)c1nn[nH]n1. The lowest BCUT2D eigenvalue weighted by Gasteiger charge is -1.75. The van der Waals surface area contributed by atoms with E-state index in [9.17, 15) is 0 Å². The molecule has 6 heteroatoms. The molecule has 0 fully saturated rings. The van der Waals surface area contributed by atoms with Crippen molar-refractivity contribution in [2.24, 2.45) is 0 Å². The molecule has 0 aliphatic heterocycles. The van der Waals surface area contributed by atoms with Crippen LogP contribution in [0.15, 0.2) is 0 Å². The average molecular weight is 122 g/mol. The van der Waals surface area contributed by atoms with Gasteiger partial charge in [-0.15, -0.1) is 10.2 Å². The molecule has 1 aromatic heterocycles. The van der Waals surface area contributed by atoms with Gasteiger partial charge in [0.2, 0.25) is 5.82 Å². The Morgan fingerprint density at radius 3 is 3.00 bits per heavy atom. The molecule has 0 aliphatic carbocycles. The van der Waals surface area contributed by atoms with E-state index in [0.29, 0.717) is 0 Å². The molecule has 0 atom stereocenters. The van der Waals surface area contributed by atoms with Crippen molar-refractivity contribution in [3.63, 3.8) is 0 Å². The molecule has 9 heavy (non-hydrogen) atoms. The van der Waals surface area contributed by atoms with Gasteiger partial charge in [-0.25, -0.2) is 0 Å². The standard InChI is InChI=1S/C3H2N6/c4-1-2(5)3-6-8-9-7-3/h5H,(H,6,7,8,9). The van der Waals surface area contributed by atoms with Crippen LogP contribution in [-0.2, 0) is 0 Å². The minimum Gasteiger partial charge on any atom is -0.287 e. The van der Waals surface area contributed by atoms with Crippen LogP contribution in [0.5, 0.6) is 0 Å². The first-order valence-corrected chi connectivity index (χ1v) is 2.07. The highest BCUT2D eigenvalue weighted by molar-refractivity contribution is 6.06. The predicted octanol–water partition coefficient (Wildman–Crippen LogP) is -0.909. The van der Waals surface area contributed by atoms with Crippen LogP contribution in [0.1, 0.15) is 5.82 Å². The number of hydrogen-bond acceptors (Lipinski definition) is 5. The van der Waals surface area contributed by atoms with Gasteiger partial charge >= 0.3 is 0 Å². The first-order valence-electron chi connectivity index (χ1n) is 2.07. The van der Waals surface area contributed by atoms with Crippen LogP contribution in [0, 0.1) is 16.7 Å². The molecule has 44 valence electrons. The molecule has 1 heterocycles. The minimum absolute atomic E-state index is 0.0255. The summed E-state index contributed by atoms with van der Waals surface area (Å²) >= 11 is 0. The third kappa shape index (κ3) is 0.884. The van der Waals surface area contributed by atoms with Gasteiger partial charge in [-0.2, -0.15) is 10.5 Å². The Labute approximate surface area is 50.0 Å². The second kappa shape index (κ2) is 2.00. The zero-order valence-electron chi connectivity index (χ0n) is 4.29. The van der Waals surface area contributed by atoms with E-state index in [1.54, 1.807) is 6.07 Å². The zero-order valence-corrected chi connectivity index (χ0v) is 4.29. The third-order valence-corrected chi connectivity index (χ3v) is 0.681. The Bertz CT molecular complexity index is 240. The van der Waals surface area contributed by atoms with Crippen molar-refractivity contribution >= 4 is 5.71 Å². The topological polar surface area (TPSA) is 102 Å². The van der Waals surface area contributed by atoms with Crippen molar-refractivity contribution in [3.8, 4) is 6.07 Å². The Balaban J connectivity index is 2.93. The molecular weight excluding hydrogens is 120 g/mol. The second-order valence-electron chi connectivity index (χ2n) is 1.22. The van der Waals surface area contributed by atoms with Crippen LogP contribution in [0.3, 0.4) is 0 Å². The Morgan fingerprint density at radius 1 is 1.78 bits per heavy atom. The van der Waals surface area contributed by atoms with Gasteiger partial charge in [-0.1, -0.05) is 0 Å². The molecule has 0 saturated heterocycles. The van der Waals surface area contributed by atoms with Crippen molar-refractivity contribution in [1.29, 1.82) is 10.7 Å². The molecule has 0 spiro atoms. The van der Waals surface area contributed by atoms with Gasteiger partial charge in [0.1, 0.15) is 6.07 Å². The van der Waals surface area contributed by atoms with E-state index in [0.717, 1.165) is 0 Å². The van der Waals surface area contributed by atoms with Gasteiger partial charge in [-0.3, -0.25) is 5.41 Å². The van der Waals surface area contributed by atoms with Gasteiger partial charge in [0.05, 0.1) is 0 Å². The lowest BCUT2D eigenvalue weighted by molar-refractivity contribution is 0.881. The van der Waals surface area contributed by atoms with Crippen molar-refractivity contribution in [2.45, 2.75) is 0 Å². The van der Waals surface area contributed by atoms with Crippen molar-refractivity contribution in [2.75, 3.05) is 0 Å². The summed E-state index contributed by atoms with van der Waals surface area (Å²) in [5.41, 5.74) is -0.288. The number of nitrogens with one attached hydrogen (secondary N) is 2. The normalized spacial score (nSPS) is 8.33. The van der Waals surface area contributed by atoms with Crippen LogP contribution in [-0.4, -0.2) is 26.3 Å². The van der Waals surface area contributed by atoms with Gasteiger partial charge in [-0.05, 0) is 5.21 Å². The highest BCUT2D eigenvalue weighted by Crippen LogP contribution is 1.81. The molecule has 0 aliphatic rings. The number of nitriles is 1. The highest BCUT2D eigenvalue weighted by Gasteiger charge is 2.02. The molecule has 0 saturated carbocycles. The van der Waals surface area contributed by atoms with Gasteiger partial charge < -0.3 is 0 Å². The monoisotopic (exact) mass is 122 g/mol. The summed E-state index contributed by atoms with van der Waals surface area (Å²) in [6.45, 7) is 0. The number of rotatable bonds is 1. The zero-order chi connectivity index (χ0) is 6.69. The number of aromatic nitrogens is 4. The molecule has 2 N–H and O–H groups in total. The molecule has 1 aromatic rings. The third-order valence-electron chi connectivity index (χ3n) is 0.681. The lowest BCUT2D eigenvalue weighted by Crippen LogP contribution is -1.96. The maximum atomic E-state index is 8.11. The van der Waals surface area contributed by atoms with E-state index in [-0.39, 0.29) is 11.5 Å². The van der Waals surface area contributed by atoms with Crippen molar-refractivity contribution in [3.05, 3.63) is 5.82 Å². The summed E-state index contributed by atoms with van der Waals surface area (Å²) in [4.78, 5) is 0. The molecular formula is C3H2N6. The summed E-state index contributed by atoms with van der Waals surface area (Å²) in [5, 5.41) is 27.0. The van der Waals surface area contributed by atoms with Gasteiger partial charge in [0.15, 0.2) is 5.71 Å². The lowest BCUT2D eigenvalue weighted by atomic mass is 10.4. The first kappa shape index (κ1) is 5.37. The average Bonchev–Trinajstić information content (AvgIpc) is 2.37. The molecule has 0 bridgehead atoms. The highest BCUT2D eigenvalue weighted by atomic mass is 15.5. The van der Waals surface area contributed by atoms with E-state index in [1.165, 1.54) is 0 Å². The summed E-state index contributed by atoms with van der Waals surface area (Å²) < 4.78 is 0. The Morgan fingerprint density at radius 2 is 2.56 bits per heavy atom. The number of hydrogen-bond donors (Lipinski definition) is 2. The predicted molar refractivity (Wildman–Crippen MR) is 26.6 cm³/mol. The van der Waals surface area contributed by atoms with E-state index in [4.69, 9.17) is 10.7 Å². The summed E-state index contributed by atoms with van der Waals surface area (Å²) in [6, 6.07) is 1.57. The van der Waals surface area contributed by atoms with Crippen LogP contribution in [0.4, 0.5) is 0 Å². The fraction of sp³-hybridized carbons (Fsp3) is 0. The number of H-pyrrole nitrogens is 1. The first-order chi connectivity index (χ1) is 4.34. The molecule has 0 aromatic carbocycles. The largest absolute Gasteiger partial charge is 0.287 e. The molecule has 0 unspecified atom stereocenters. The quantitative estimate of drug-likeness (QED) is 0.470. The Hall–Kier alpha value is -1.77.